The topological polar surface area (TPSA) is 29.5 Å². The van der Waals surface area contributed by atoms with Crippen LogP contribution in [0, 0.1) is 6.92 Å². The molecule has 2 rings (SSSR count). The van der Waals surface area contributed by atoms with E-state index in [0.717, 1.165) is 17.9 Å². The van der Waals surface area contributed by atoms with Crippen LogP contribution in [0.2, 0.25) is 0 Å². The molecular formula is C18H21NO2. The maximum atomic E-state index is 12.1. The SMILES string of the molecule is CCN(c1cccc(C)c1)c1cccc(OC)c1C(C)=O. The molecule has 3 heteroatoms. The van der Waals surface area contributed by atoms with Crippen LogP contribution in [0.1, 0.15) is 29.8 Å². The Bertz CT molecular complexity index is 649. The van der Waals surface area contributed by atoms with Crippen LogP contribution in [-0.4, -0.2) is 19.4 Å². The molecule has 0 saturated carbocycles. The summed E-state index contributed by atoms with van der Waals surface area (Å²) in [5.41, 5.74) is 3.78. The number of hydrogen-bond donors (Lipinski definition) is 0. The summed E-state index contributed by atoms with van der Waals surface area (Å²) in [7, 11) is 1.59. The van der Waals surface area contributed by atoms with E-state index in [9.17, 15) is 4.79 Å². The third-order valence-electron chi connectivity index (χ3n) is 3.50. The Morgan fingerprint density at radius 3 is 2.48 bits per heavy atom. The lowest BCUT2D eigenvalue weighted by Gasteiger charge is -2.26. The first kappa shape index (κ1) is 15.1. The Balaban J connectivity index is 2.60. The average Bonchev–Trinajstić information content (AvgIpc) is 2.47. The molecule has 21 heavy (non-hydrogen) atoms. The second kappa shape index (κ2) is 6.44. The van der Waals surface area contributed by atoms with Crippen molar-refractivity contribution in [2.24, 2.45) is 0 Å². The fourth-order valence-corrected chi connectivity index (χ4v) is 2.56. The van der Waals surface area contributed by atoms with Gasteiger partial charge in [-0.25, -0.2) is 0 Å². The maximum Gasteiger partial charge on any atom is 0.165 e. The lowest BCUT2D eigenvalue weighted by molar-refractivity contribution is 0.101. The molecule has 0 fully saturated rings. The first-order valence-corrected chi connectivity index (χ1v) is 7.10. The van der Waals surface area contributed by atoms with Crippen LogP contribution in [0.4, 0.5) is 11.4 Å². The Labute approximate surface area is 126 Å². The van der Waals surface area contributed by atoms with Gasteiger partial charge in [0.15, 0.2) is 5.78 Å². The van der Waals surface area contributed by atoms with E-state index in [4.69, 9.17) is 4.74 Å². The molecule has 0 aliphatic carbocycles. The number of methoxy groups -OCH3 is 1. The molecule has 0 aliphatic heterocycles. The van der Waals surface area contributed by atoms with Crippen molar-refractivity contribution in [2.45, 2.75) is 20.8 Å². The molecule has 0 spiro atoms. The fourth-order valence-electron chi connectivity index (χ4n) is 2.56. The van der Waals surface area contributed by atoms with Crippen molar-refractivity contribution in [3.05, 3.63) is 53.6 Å². The number of rotatable bonds is 5. The van der Waals surface area contributed by atoms with Gasteiger partial charge in [0.1, 0.15) is 5.75 Å². The Hall–Kier alpha value is -2.29. The van der Waals surface area contributed by atoms with E-state index < -0.39 is 0 Å². The quantitative estimate of drug-likeness (QED) is 0.763. The highest BCUT2D eigenvalue weighted by molar-refractivity contribution is 6.03. The van der Waals surface area contributed by atoms with Crippen molar-refractivity contribution in [1.29, 1.82) is 0 Å². The number of benzene rings is 2. The van der Waals surface area contributed by atoms with Crippen molar-refractivity contribution >= 4 is 17.2 Å². The van der Waals surface area contributed by atoms with Crippen molar-refractivity contribution in [3.63, 3.8) is 0 Å². The third kappa shape index (κ3) is 3.07. The number of carbonyl (C=O) groups is 1. The maximum absolute atomic E-state index is 12.1. The molecule has 3 nitrogen and oxygen atoms in total. The number of nitrogens with zero attached hydrogens (tertiary/aromatic N) is 1. The molecule has 0 N–H and O–H groups in total. The number of ketones is 1. The molecule has 2 aromatic carbocycles. The van der Waals surface area contributed by atoms with Crippen molar-refractivity contribution in [2.75, 3.05) is 18.6 Å². The molecular weight excluding hydrogens is 262 g/mol. The third-order valence-corrected chi connectivity index (χ3v) is 3.50. The van der Waals surface area contributed by atoms with Crippen LogP contribution in [0.25, 0.3) is 0 Å². The summed E-state index contributed by atoms with van der Waals surface area (Å²) in [4.78, 5) is 14.2. The van der Waals surface area contributed by atoms with E-state index in [2.05, 4.69) is 36.9 Å². The second-order valence-corrected chi connectivity index (χ2v) is 4.99. The van der Waals surface area contributed by atoms with Gasteiger partial charge in [0.25, 0.3) is 0 Å². The van der Waals surface area contributed by atoms with E-state index in [1.165, 1.54) is 5.56 Å². The highest BCUT2D eigenvalue weighted by Crippen LogP contribution is 2.34. The standard InChI is InChI=1S/C18H21NO2/c1-5-19(15-9-6-8-13(2)12-15)16-10-7-11-17(21-4)18(16)14(3)20/h6-12H,5H2,1-4H3. The molecule has 0 bridgehead atoms. The zero-order valence-electron chi connectivity index (χ0n) is 13.0. The van der Waals surface area contributed by atoms with Gasteiger partial charge >= 0.3 is 0 Å². The number of Topliss-reactive ketones (excluding diaryl/α,β-unsaturated/α-hetero) is 1. The number of hydrogen-bond acceptors (Lipinski definition) is 3. The molecule has 110 valence electrons. The molecule has 0 atom stereocenters. The van der Waals surface area contributed by atoms with E-state index in [1.807, 2.05) is 24.3 Å². The van der Waals surface area contributed by atoms with Gasteiger partial charge in [-0.2, -0.15) is 0 Å². The Morgan fingerprint density at radius 1 is 1.19 bits per heavy atom. The highest BCUT2D eigenvalue weighted by Gasteiger charge is 2.18. The lowest BCUT2D eigenvalue weighted by atomic mass is 10.1. The molecule has 0 amide bonds. The molecule has 0 heterocycles. The van der Waals surface area contributed by atoms with Crippen molar-refractivity contribution in [3.8, 4) is 5.75 Å². The van der Waals surface area contributed by atoms with Gasteiger partial charge < -0.3 is 9.64 Å². The van der Waals surface area contributed by atoms with Crippen LogP contribution in [0.15, 0.2) is 42.5 Å². The van der Waals surface area contributed by atoms with Gasteiger partial charge in [-0.3, -0.25) is 4.79 Å². The van der Waals surface area contributed by atoms with Gasteiger partial charge in [0.2, 0.25) is 0 Å². The number of anilines is 2. The molecule has 2 aromatic rings. The highest BCUT2D eigenvalue weighted by atomic mass is 16.5. The van der Waals surface area contributed by atoms with Crippen molar-refractivity contribution < 1.29 is 9.53 Å². The Kier molecular flexibility index (Phi) is 4.63. The lowest BCUT2D eigenvalue weighted by Crippen LogP contribution is -2.19. The van der Waals surface area contributed by atoms with Gasteiger partial charge in [-0.05, 0) is 50.6 Å². The molecule has 0 radical (unpaired) electrons. The summed E-state index contributed by atoms with van der Waals surface area (Å²) in [6.45, 7) is 6.49. The van der Waals surface area contributed by atoms with Crippen LogP contribution >= 0.6 is 0 Å². The Morgan fingerprint density at radius 2 is 1.90 bits per heavy atom. The fraction of sp³-hybridized carbons (Fsp3) is 0.278. The van der Waals surface area contributed by atoms with Crippen LogP contribution in [-0.2, 0) is 0 Å². The summed E-state index contributed by atoms with van der Waals surface area (Å²) in [5, 5.41) is 0. The van der Waals surface area contributed by atoms with Gasteiger partial charge in [-0.15, -0.1) is 0 Å². The predicted molar refractivity (Wildman–Crippen MR) is 86.9 cm³/mol. The van der Waals surface area contributed by atoms with Crippen LogP contribution in [0.3, 0.4) is 0 Å². The average molecular weight is 283 g/mol. The monoisotopic (exact) mass is 283 g/mol. The predicted octanol–water partition coefficient (Wildman–Crippen LogP) is 4.36. The van der Waals surface area contributed by atoms with Gasteiger partial charge in [0.05, 0.1) is 18.4 Å². The minimum absolute atomic E-state index is 0.00792. The summed E-state index contributed by atoms with van der Waals surface area (Å²) < 4.78 is 5.35. The number of aryl methyl sites for hydroxylation is 1. The molecule has 0 aliphatic rings. The largest absolute Gasteiger partial charge is 0.496 e. The van der Waals surface area contributed by atoms with E-state index >= 15 is 0 Å². The summed E-state index contributed by atoms with van der Waals surface area (Å²) in [5.74, 6) is 0.625. The smallest absolute Gasteiger partial charge is 0.165 e. The minimum Gasteiger partial charge on any atom is -0.496 e. The van der Waals surface area contributed by atoms with E-state index in [0.29, 0.717) is 11.3 Å². The second-order valence-electron chi connectivity index (χ2n) is 4.99. The van der Waals surface area contributed by atoms with Gasteiger partial charge in [0, 0.05) is 12.2 Å². The minimum atomic E-state index is 0.00792. The van der Waals surface area contributed by atoms with E-state index in [1.54, 1.807) is 14.0 Å². The normalized spacial score (nSPS) is 10.3. The number of ether oxygens (including phenoxy) is 1. The molecule has 0 saturated heterocycles. The van der Waals surface area contributed by atoms with Crippen LogP contribution in [0.5, 0.6) is 5.75 Å². The first-order valence-electron chi connectivity index (χ1n) is 7.10. The van der Waals surface area contributed by atoms with Crippen molar-refractivity contribution in [1.82, 2.24) is 0 Å². The van der Waals surface area contributed by atoms with Crippen LogP contribution < -0.4 is 9.64 Å². The summed E-state index contributed by atoms with van der Waals surface area (Å²) in [6.07, 6.45) is 0. The zero-order valence-corrected chi connectivity index (χ0v) is 13.0. The number of carbonyl (C=O) groups excluding carboxylic acids is 1. The molecule has 0 aromatic heterocycles. The van der Waals surface area contributed by atoms with E-state index in [-0.39, 0.29) is 5.78 Å². The zero-order chi connectivity index (χ0) is 15.4. The summed E-state index contributed by atoms with van der Waals surface area (Å²) >= 11 is 0. The molecule has 0 unspecified atom stereocenters. The first-order chi connectivity index (χ1) is 10.1. The summed E-state index contributed by atoms with van der Waals surface area (Å²) in [6, 6.07) is 14.0. The van der Waals surface area contributed by atoms with Gasteiger partial charge in [-0.1, -0.05) is 18.2 Å².